The molecule has 1 aromatic rings. The summed E-state index contributed by atoms with van der Waals surface area (Å²) in [5.41, 5.74) is 0. The molecule has 0 spiro atoms. The summed E-state index contributed by atoms with van der Waals surface area (Å²) in [6.07, 6.45) is 3.60. The molecule has 1 aromatic heterocycles. The van der Waals surface area contributed by atoms with Crippen LogP contribution in [-0.2, 0) is 22.9 Å². The van der Waals surface area contributed by atoms with Gasteiger partial charge in [-0.2, -0.15) is 5.10 Å². The third-order valence-corrected chi connectivity index (χ3v) is 2.25. The maximum absolute atomic E-state index is 5.35. The Labute approximate surface area is 102 Å². The first-order chi connectivity index (χ1) is 8.33. The number of ether oxygens (including phenoxy) is 2. The molecule has 0 saturated carbocycles. The molecule has 0 atom stereocenters. The average molecular weight is 242 g/mol. The van der Waals surface area contributed by atoms with Crippen LogP contribution in [0.2, 0.25) is 0 Å². The van der Waals surface area contributed by atoms with E-state index in [-0.39, 0.29) is 0 Å². The number of rotatable bonds is 10. The quantitative estimate of drug-likeness (QED) is 0.585. The monoisotopic (exact) mass is 242 g/mol. The Morgan fingerprint density at radius 2 is 2.18 bits per heavy atom. The molecule has 0 amide bonds. The minimum atomic E-state index is 0.665. The van der Waals surface area contributed by atoms with E-state index in [1.807, 2.05) is 7.05 Å². The van der Waals surface area contributed by atoms with Gasteiger partial charge in [0.05, 0.1) is 13.2 Å². The molecule has 6 nitrogen and oxygen atoms in total. The van der Waals surface area contributed by atoms with E-state index in [0.29, 0.717) is 13.2 Å². The van der Waals surface area contributed by atoms with Crippen molar-refractivity contribution < 1.29 is 9.47 Å². The highest BCUT2D eigenvalue weighted by Gasteiger charge is 1.97. The Bertz CT molecular complexity index is 291. The Balaban J connectivity index is 1.84. The van der Waals surface area contributed by atoms with Crippen molar-refractivity contribution in [1.29, 1.82) is 0 Å². The first-order valence-corrected chi connectivity index (χ1v) is 5.95. The third-order valence-electron chi connectivity index (χ3n) is 2.25. The fourth-order valence-corrected chi connectivity index (χ4v) is 1.37. The summed E-state index contributed by atoms with van der Waals surface area (Å²) in [6.45, 7) is 3.98. The third kappa shape index (κ3) is 7.04. The summed E-state index contributed by atoms with van der Waals surface area (Å²) in [7, 11) is 3.55. The summed E-state index contributed by atoms with van der Waals surface area (Å²) in [5.74, 6) is 0.886. The predicted molar refractivity (Wildman–Crippen MR) is 64.9 cm³/mol. The van der Waals surface area contributed by atoms with Gasteiger partial charge in [-0.15, -0.1) is 0 Å². The number of aryl methyl sites for hydroxylation is 1. The lowest BCUT2D eigenvalue weighted by Crippen LogP contribution is -2.20. The number of nitrogens with zero attached hydrogens (tertiary/aromatic N) is 3. The van der Waals surface area contributed by atoms with E-state index < -0.39 is 0 Å². The van der Waals surface area contributed by atoms with E-state index in [1.165, 1.54) is 0 Å². The van der Waals surface area contributed by atoms with Gasteiger partial charge in [0.15, 0.2) is 5.82 Å². The van der Waals surface area contributed by atoms with Crippen LogP contribution >= 0.6 is 0 Å². The lowest BCUT2D eigenvalue weighted by Gasteiger charge is -2.04. The van der Waals surface area contributed by atoms with Gasteiger partial charge < -0.3 is 14.8 Å². The minimum absolute atomic E-state index is 0.665. The molecule has 0 aliphatic carbocycles. The highest BCUT2D eigenvalue weighted by atomic mass is 16.5. The predicted octanol–water partition coefficient (Wildman–Crippen LogP) is 0.000300. The molecule has 1 rings (SSSR count). The van der Waals surface area contributed by atoms with Gasteiger partial charge in [0.1, 0.15) is 6.33 Å². The van der Waals surface area contributed by atoms with Crippen molar-refractivity contribution in [3.05, 3.63) is 12.2 Å². The molecule has 0 unspecified atom stereocenters. The maximum atomic E-state index is 5.35. The van der Waals surface area contributed by atoms with E-state index in [1.54, 1.807) is 18.1 Å². The van der Waals surface area contributed by atoms with E-state index >= 15 is 0 Å². The largest absolute Gasteiger partial charge is 0.382 e. The standard InChI is InChI=1S/C11H22N4O2/c1-15-10-13-11(14-15)4-6-12-5-3-7-17-9-8-16-2/h10,12H,3-9H2,1-2H3. The second kappa shape index (κ2) is 9.09. The van der Waals surface area contributed by atoms with Gasteiger partial charge in [-0.25, -0.2) is 4.98 Å². The van der Waals surface area contributed by atoms with Gasteiger partial charge in [-0.1, -0.05) is 0 Å². The van der Waals surface area contributed by atoms with Crippen molar-refractivity contribution in [2.45, 2.75) is 12.8 Å². The molecular weight excluding hydrogens is 220 g/mol. The molecule has 1 heterocycles. The molecular formula is C11H22N4O2. The molecule has 0 bridgehead atoms. The highest BCUT2D eigenvalue weighted by molar-refractivity contribution is 4.81. The van der Waals surface area contributed by atoms with Gasteiger partial charge in [-0.3, -0.25) is 4.68 Å². The minimum Gasteiger partial charge on any atom is -0.382 e. The Kier molecular flexibility index (Phi) is 7.53. The molecule has 0 radical (unpaired) electrons. The zero-order valence-electron chi connectivity index (χ0n) is 10.7. The highest BCUT2D eigenvalue weighted by Crippen LogP contribution is 1.88. The van der Waals surface area contributed by atoms with Crippen molar-refractivity contribution in [3.63, 3.8) is 0 Å². The van der Waals surface area contributed by atoms with Crippen molar-refractivity contribution in [2.24, 2.45) is 7.05 Å². The number of hydrogen-bond acceptors (Lipinski definition) is 5. The lowest BCUT2D eigenvalue weighted by atomic mass is 10.4. The Morgan fingerprint density at radius 3 is 2.88 bits per heavy atom. The number of methoxy groups -OCH3 is 1. The van der Waals surface area contributed by atoms with Crippen LogP contribution in [0.15, 0.2) is 6.33 Å². The molecule has 0 aliphatic heterocycles. The second-order valence-electron chi connectivity index (χ2n) is 3.79. The van der Waals surface area contributed by atoms with Crippen LogP contribution in [0.5, 0.6) is 0 Å². The van der Waals surface area contributed by atoms with Crippen LogP contribution in [0.25, 0.3) is 0 Å². The van der Waals surface area contributed by atoms with Crippen LogP contribution in [0.1, 0.15) is 12.2 Å². The summed E-state index contributed by atoms with van der Waals surface area (Å²) in [5, 5.41) is 7.54. The second-order valence-corrected chi connectivity index (χ2v) is 3.79. The SMILES string of the molecule is COCCOCCCNCCc1ncn(C)n1. The molecule has 6 heteroatoms. The van der Waals surface area contributed by atoms with E-state index in [2.05, 4.69) is 15.4 Å². The van der Waals surface area contributed by atoms with Gasteiger partial charge in [0, 0.05) is 33.7 Å². The van der Waals surface area contributed by atoms with E-state index in [9.17, 15) is 0 Å². The molecule has 1 N–H and O–H groups in total. The fraction of sp³-hybridized carbons (Fsp3) is 0.818. The first kappa shape index (κ1) is 14.1. The van der Waals surface area contributed by atoms with Crippen LogP contribution in [0.4, 0.5) is 0 Å². The summed E-state index contributed by atoms with van der Waals surface area (Å²) in [4.78, 5) is 4.16. The summed E-state index contributed by atoms with van der Waals surface area (Å²) < 4.78 is 12.0. The number of aromatic nitrogens is 3. The Hall–Kier alpha value is -0.980. The van der Waals surface area contributed by atoms with Crippen LogP contribution < -0.4 is 5.32 Å². The maximum Gasteiger partial charge on any atom is 0.151 e. The summed E-state index contributed by atoms with van der Waals surface area (Å²) >= 11 is 0. The van der Waals surface area contributed by atoms with Crippen molar-refractivity contribution in [1.82, 2.24) is 20.1 Å². The molecule has 0 fully saturated rings. The van der Waals surface area contributed by atoms with Crippen LogP contribution in [-0.4, -0.2) is 54.8 Å². The molecule has 98 valence electrons. The average Bonchev–Trinajstić information content (AvgIpc) is 2.73. The normalized spacial score (nSPS) is 10.9. The number of nitrogens with one attached hydrogen (secondary N) is 1. The first-order valence-electron chi connectivity index (χ1n) is 5.95. The van der Waals surface area contributed by atoms with Crippen molar-refractivity contribution in [3.8, 4) is 0 Å². The van der Waals surface area contributed by atoms with E-state index in [0.717, 1.165) is 38.4 Å². The zero-order valence-corrected chi connectivity index (χ0v) is 10.7. The van der Waals surface area contributed by atoms with Gasteiger partial charge in [0.25, 0.3) is 0 Å². The van der Waals surface area contributed by atoms with Crippen LogP contribution in [0, 0.1) is 0 Å². The topological polar surface area (TPSA) is 61.2 Å². The molecule has 0 saturated heterocycles. The molecule has 17 heavy (non-hydrogen) atoms. The van der Waals surface area contributed by atoms with Gasteiger partial charge in [0.2, 0.25) is 0 Å². The van der Waals surface area contributed by atoms with Gasteiger partial charge >= 0.3 is 0 Å². The lowest BCUT2D eigenvalue weighted by molar-refractivity contribution is 0.0695. The fourth-order valence-electron chi connectivity index (χ4n) is 1.37. The van der Waals surface area contributed by atoms with Crippen molar-refractivity contribution >= 4 is 0 Å². The smallest absolute Gasteiger partial charge is 0.151 e. The summed E-state index contributed by atoms with van der Waals surface area (Å²) in [6, 6.07) is 0. The Morgan fingerprint density at radius 1 is 1.29 bits per heavy atom. The number of hydrogen-bond donors (Lipinski definition) is 1. The zero-order chi connectivity index (χ0) is 12.3. The van der Waals surface area contributed by atoms with Crippen molar-refractivity contribution in [2.75, 3.05) is 40.0 Å². The van der Waals surface area contributed by atoms with E-state index in [4.69, 9.17) is 9.47 Å². The van der Waals surface area contributed by atoms with Crippen LogP contribution in [0.3, 0.4) is 0 Å². The molecule has 0 aliphatic rings. The van der Waals surface area contributed by atoms with Gasteiger partial charge in [-0.05, 0) is 13.0 Å². The molecule has 0 aromatic carbocycles.